The van der Waals surface area contributed by atoms with Crippen LogP contribution in [0.25, 0.3) is 0 Å². The number of nitro benzene ring substituents is 1. The molecule has 0 radical (unpaired) electrons. The summed E-state index contributed by atoms with van der Waals surface area (Å²) in [6, 6.07) is 6.92. The summed E-state index contributed by atoms with van der Waals surface area (Å²) in [5.74, 6) is 1.05. The second-order valence-electron chi connectivity index (χ2n) is 9.56. The molecule has 1 amide bonds. The number of hydrogen-bond donors (Lipinski definition) is 1. The van der Waals surface area contributed by atoms with Crippen LogP contribution in [0.2, 0.25) is 0 Å². The molecule has 4 rings (SSSR count). The zero-order valence-electron chi connectivity index (χ0n) is 20.7. The van der Waals surface area contributed by atoms with Gasteiger partial charge in [0, 0.05) is 76.2 Å². The summed E-state index contributed by atoms with van der Waals surface area (Å²) in [5, 5.41) is 14.0. The van der Waals surface area contributed by atoms with Gasteiger partial charge < -0.3 is 15.1 Å². The van der Waals surface area contributed by atoms with Crippen LogP contribution in [0.15, 0.2) is 36.5 Å². The number of carbonyl (C=O) groups excluding carboxylic acids is 1. The van der Waals surface area contributed by atoms with Crippen molar-refractivity contribution in [3.63, 3.8) is 0 Å². The molecular formula is C25H31F3N6O3. The summed E-state index contributed by atoms with van der Waals surface area (Å²) in [7, 11) is 0. The van der Waals surface area contributed by atoms with Crippen molar-refractivity contribution in [1.82, 2.24) is 14.8 Å². The highest BCUT2D eigenvalue weighted by atomic mass is 19.4. The van der Waals surface area contributed by atoms with E-state index in [1.54, 1.807) is 0 Å². The molecule has 0 bridgehead atoms. The van der Waals surface area contributed by atoms with Crippen LogP contribution in [0, 0.1) is 17.0 Å². The van der Waals surface area contributed by atoms with Crippen molar-refractivity contribution in [2.45, 2.75) is 38.4 Å². The molecule has 0 unspecified atom stereocenters. The number of aromatic nitrogens is 1. The number of amides is 1. The summed E-state index contributed by atoms with van der Waals surface area (Å²) < 4.78 is 39.7. The molecule has 1 N–H and O–H groups in total. The van der Waals surface area contributed by atoms with Crippen molar-refractivity contribution in [2.75, 3.05) is 56.0 Å². The highest BCUT2D eigenvalue weighted by molar-refractivity contribution is 5.76. The minimum absolute atomic E-state index is 0.0794. The van der Waals surface area contributed by atoms with E-state index in [1.807, 2.05) is 24.1 Å². The highest BCUT2D eigenvalue weighted by Crippen LogP contribution is 2.37. The van der Waals surface area contributed by atoms with Crippen LogP contribution in [0.5, 0.6) is 0 Å². The Morgan fingerprint density at radius 3 is 2.41 bits per heavy atom. The van der Waals surface area contributed by atoms with Gasteiger partial charge in [0.1, 0.15) is 11.4 Å². The van der Waals surface area contributed by atoms with Crippen LogP contribution < -0.4 is 10.2 Å². The van der Waals surface area contributed by atoms with E-state index in [0.29, 0.717) is 38.9 Å². The number of benzene rings is 1. The SMILES string of the molecule is Cc1ccc(N2CCN(CCC(=O)N3CCC(Nc4ccc([N+](=O)[O-])c(C(F)(F)F)c4)CC3)CC2)nc1. The van der Waals surface area contributed by atoms with Crippen molar-refractivity contribution >= 4 is 23.1 Å². The number of nitro groups is 1. The Hall–Kier alpha value is -3.41. The van der Waals surface area contributed by atoms with E-state index in [4.69, 9.17) is 0 Å². The third-order valence-electron chi connectivity index (χ3n) is 6.95. The van der Waals surface area contributed by atoms with Gasteiger partial charge in [-0.3, -0.25) is 19.8 Å². The van der Waals surface area contributed by atoms with Gasteiger partial charge in [0.2, 0.25) is 5.91 Å². The molecule has 37 heavy (non-hydrogen) atoms. The highest BCUT2D eigenvalue weighted by Gasteiger charge is 2.38. The molecule has 1 aromatic carbocycles. The lowest BCUT2D eigenvalue weighted by Crippen LogP contribution is -2.48. The Balaban J connectivity index is 1.20. The van der Waals surface area contributed by atoms with Gasteiger partial charge in [0.15, 0.2) is 0 Å². The van der Waals surface area contributed by atoms with E-state index >= 15 is 0 Å². The van der Waals surface area contributed by atoms with Crippen molar-refractivity contribution < 1.29 is 22.9 Å². The molecule has 12 heteroatoms. The summed E-state index contributed by atoms with van der Waals surface area (Å²) in [6.07, 6.45) is -1.35. The fourth-order valence-corrected chi connectivity index (χ4v) is 4.78. The van der Waals surface area contributed by atoms with Crippen molar-refractivity contribution in [2.24, 2.45) is 0 Å². The van der Waals surface area contributed by atoms with Gasteiger partial charge in [0.25, 0.3) is 5.69 Å². The minimum Gasteiger partial charge on any atom is -0.382 e. The number of pyridine rings is 1. The van der Waals surface area contributed by atoms with E-state index in [1.165, 1.54) is 6.07 Å². The van der Waals surface area contributed by atoms with Gasteiger partial charge in [-0.15, -0.1) is 0 Å². The smallest absolute Gasteiger partial charge is 0.382 e. The molecule has 2 aliphatic rings. The maximum atomic E-state index is 13.2. The van der Waals surface area contributed by atoms with Gasteiger partial charge in [-0.1, -0.05) is 6.07 Å². The molecule has 2 aromatic rings. The number of anilines is 2. The van der Waals surface area contributed by atoms with Crippen molar-refractivity contribution in [3.05, 3.63) is 57.8 Å². The first-order valence-electron chi connectivity index (χ1n) is 12.4. The van der Waals surface area contributed by atoms with Crippen LogP contribution in [0.3, 0.4) is 0 Å². The minimum atomic E-state index is -4.82. The number of halogens is 3. The Morgan fingerprint density at radius 1 is 1.11 bits per heavy atom. The fourth-order valence-electron chi connectivity index (χ4n) is 4.78. The summed E-state index contributed by atoms with van der Waals surface area (Å²) in [6.45, 7) is 7.19. The molecular weight excluding hydrogens is 489 g/mol. The summed E-state index contributed by atoms with van der Waals surface area (Å²) in [4.78, 5) is 33.5. The standard InChI is InChI=1S/C25H31F3N6O3/c1-18-2-5-23(29-17-18)32-14-12-31(13-15-32)9-8-24(35)33-10-6-19(7-11-33)30-20-3-4-22(34(36)37)21(16-20)25(26,27)28/h2-5,16-17,19,30H,6-15H2,1H3. The third-order valence-corrected chi connectivity index (χ3v) is 6.95. The molecule has 2 fully saturated rings. The number of carbonyl (C=O) groups is 1. The van der Waals surface area contributed by atoms with Crippen LogP contribution in [-0.2, 0) is 11.0 Å². The summed E-state index contributed by atoms with van der Waals surface area (Å²) in [5.41, 5.74) is -0.928. The van der Waals surface area contributed by atoms with E-state index in [0.717, 1.165) is 49.7 Å². The second kappa shape index (κ2) is 11.3. The molecule has 0 aliphatic carbocycles. The average Bonchev–Trinajstić information content (AvgIpc) is 2.88. The number of alkyl halides is 3. The van der Waals surface area contributed by atoms with Gasteiger partial charge in [0.05, 0.1) is 4.92 Å². The largest absolute Gasteiger partial charge is 0.423 e. The number of rotatable bonds is 7. The predicted molar refractivity (Wildman–Crippen MR) is 134 cm³/mol. The maximum Gasteiger partial charge on any atom is 0.423 e. The monoisotopic (exact) mass is 520 g/mol. The predicted octanol–water partition coefficient (Wildman–Crippen LogP) is 3.93. The first-order chi connectivity index (χ1) is 17.6. The lowest BCUT2D eigenvalue weighted by atomic mass is 10.0. The average molecular weight is 521 g/mol. The van der Waals surface area contributed by atoms with Gasteiger partial charge in [-0.25, -0.2) is 4.98 Å². The van der Waals surface area contributed by atoms with Gasteiger partial charge >= 0.3 is 6.18 Å². The van der Waals surface area contributed by atoms with Crippen LogP contribution in [0.4, 0.5) is 30.4 Å². The maximum absolute atomic E-state index is 13.2. The molecule has 1 aromatic heterocycles. The van der Waals surface area contributed by atoms with Crippen LogP contribution in [0.1, 0.15) is 30.4 Å². The molecule has 3 heterocycles. The number of likely N-dealkylation sites (tertiary alicyclic amines) is 1. The number of nitrogens with one attached hydrogen (secondary N) is 1. The Bertz CT molecular complexity index is 1100. The third kappa shape index (κ3) is 6.88. The lowest BCUT2D eigenvalue weighted by molar-refractivity contribution is -0.388. The second-order valence-corrected chi connectivity index (χ2v) is 9.56. The lowest BCUT2D eigenvalue weighted by Gasteiger charge is -2.36. The number of nitrogens with zero attached hydrogens (tertiary/aromatic N) is 5. The van der Waals surface area contributed by atoms with E-state index in [-0.39, 0.29) is 17.6 Å². The van der Waals surface area contributed by atoms with E-state index < -0.39 is 22.4 Å². The quantitative estimate of drug-likeness (QED) is 0.437. The Morgan fingerprint density at radius 2 is 1.81 bits per heavy atom. The number of aryl methyl sites for hydroxylation is 1. The van der Waals surface area contributed by atoms with E-state index in [2.05, 4.69) is 26.2 Å². The first-order valence-corrected chi connectivity index (χ1v) is 12.4. The number of piperidine rings is 1. The van der Waals surface area contributed by atoms with Crippen LogP contribution in [-0.4, -0.2) is 77.5 Å². The zero-order chi connectivity index (χ0) is 26.6. The van der Waals surface area contributed by atoms with Gasteiger partial charge in [-0.2, -0.15) is 13.2 Å². The van der Waals surface area contributed by atoms with Gasteiger partial charge in [-0.05, 0) is 43.5 Å². The normalized spacial score (nSPS) is 17.6. The number of piperazine rings is 1. The molecule has 0 saturated carbocycles. The van der Waals surface area contributed by atoms with Crippen LogP contribution >= 0.6 is 0 Å². The molecule has 2 saturated heterocycles. The molecule has 0 atom stereocenters. The molecule has 0 spiro atoms. The Kier molecular flexibility index (Phi) is 8.16. The molecule has 9 nitrogen and oxygen atoms in total. The first kappa shape index (κ1) is 26.6. The fraction of sp³-hybridized carbons (Fsp3) is 0.520. The topological polar surface area (TPSA) is 94.8 Å². The van der Waals surface area contributed by atoms with E-state index in [9.17, 15) is 28.1 Å². The zero-order valence-corrected chi connectivity index (χ0v) is 20.7. The van der Waals surface area contributed by atoms with Crippen molar-refractivity contribution in [3.8, 4) is 0 Å². The summed E-state index contributed by atoms with van der Waals surface area (Å²) >= 11 is 0. The number of hydrogen-bond acceptors (Lipinski definition) is 7. The Labute approximate surface area is 213 Å². The molecule has 2 aliphatic heterocycles. The van der Waals surface area contributed by atoms with Crippen molar-refractivity contribution in [1.29, 1.82) is 0 Å². The molecule has 200 valence electrons.